The van der Waals surface area contributed by atoms with E-state index in [1.807, 2.05) is 55.0 Å². The predicted octanol–water partition coefficient (Wildman–Crippen LogP) is 4.10. The van der Waals surface area contributed by atoms with Crippen molar-refractivity contribution in [2.45, 2.75) is 50.6 Å². The van der Waals surface area contributed by atoms with Gasteiger partial charge in [0.1, 0.15) is 5.82 Å². The van der Waals surface area contributed by atoms with Gasteiger partial charge in [0.05, 0.1) is 17.6 Å². The van der Waals surface area contributed by atoms with Crippen LogP contribution in [-0.2, 0) is 6.42 Å². The highest BCUT2D eigenvalue weighted by Crippen LogP contribution is 2.26. The van der Waals surface area contributed by atoms with Crippen LogP contribution in [0.3, 0.4) is 0 Å². The molecule has 0 amide bonds. The topological polar surface area (TPSA) is 119 Å². The van der Waals surface area contributed by atoms with Gasteiger partial charge in [-0.1, -0.05) is 18.2 Å². The molecule has 4 aromatic rings. The van der Waals surface area contributed by atoms with Crippen LogP contribution < -0.4 is 22.1 Å². The number of aromatic nitrogens is 4. The number of benzene rings is 1. The summed E-state index contributed by atoms with van der Waals surface area (Å²) in [5.41, 5.74) is 16.6. The molecule has 8 nitrogen and oxygen atoms in total. The maximum atomic E-state index is 6.05. The van der Waals surface area contributed by atoms with Crippen molar-refractivity contribution in [1.29, 1.82) is 0 Å². The van der Waals surface area contributed by atoms with Gasteiger partial charge in [0.2, 0.25) is 0 Å². The summed E-state index contributed by atoms with van der Waals surface area (Å²) in [6.45, 7) is 0.835. The van der Waals surface area contributed by atoms with Crippen molar-refractivity contribution in [2.24, 2.45) is 5.73 Å². The Morgan fingerprint density at radius 1 is 1.03 bits per heavy atom. The first-order valence-corrected chi connectivity index (χ1v) is 12.1. The molecule has 3 aromatic heterocycles. The summed E-state index contributed by atoms with van der Waals surface area (Å²) in [5, 5.41) is 7.02. The number of rotatable bonds is 8. The van der Waals surface area contributed by atoms with Gasteiger partial charge in [-0.15, -0.1) is 0 Å². The molecular weight excluding hydrogens is 424 g/mol. The number of nitrogens with two attached hydrogens (primary N) is 2. The summed E-state index contributed by atoms with van der Waals surface area (Å²) in [5.74, 6) is 1.66. The fraction of sp³-hybridized carbons (Fsp3) is 0.346. The SMILES string of the molecule is Nc1cccc(CCCNc2cccc(-c3cnc4c(NC5CCC(N)CC5)nccn34)n2)c1. The molecule has 0 aliphatic heterocycles. The third-order valence-corrected chi connectivity index (χ3v) is 6.45. The van der Waals surface area contributed by atoms with E-state index in [1.165, 1.54) is 5.56 Å². The smallest absolute Gasteiger partial charge is 0.180 e. The van der Waals surface area contributed by atoms with Crippen molar-refractivity contribution in [3.63, 3.8) is 0 Å². The molecule has 1 aromatic carbocycles. The number of fused-ring (bicyclic) bond motifs is 1. The van der Waals surface area contributed by atoms with E-state index >= 15 is 0 Å². The molecule has 0 radical (unpaired) electrons. The molecule has 1 aliphatic rings. The number of nitrogens with zero attached hydrogens (tertiary/aromatic N) is 4. The van der Waals surface area contributed by atoms with Crippen LogP contribution in [0, 0.1) is 0 Å². The van der Waals surface area contributed by atoms with Crippen LogP contribution in [0.25, 0.3) is 17.0 Å². The number of nitrogens with one attached hydrogen (secondary N) is 2. The fourth-order valence-electron chi connectivity index (χ4n) is 4.60. The molecule has 6 N–H and O–H groups in total. The van der Waals surface area contributed by atoms with Gasteiger partial charge in [-0.3, -0.25) is 4.40 Å². The Labute approximate surface area is 199 Å². The van der Waals surface area contributed by atoms with E-state index in [0.717, 1.165) is 79.4 Å². The number of pyridine rings is 1. The van der Waals surface area contributed by atoms with E-state index in [4.69, 9.17) is 16.5 Å². The molecule has 8 heteroatoms. The normalized spacial score (nSPS) is 18.1. The van der Waals surface area contributed by atoms with Crippen molar-refractivity contribution in [3.05, 3.63) is 66.6 Å². The van der Waals surface area contributed by atoms with E-state index in [2.05, 4.69) is 31.1 Å². The molecule has 0 atom stereocenters. The highest BCUT2D eigenvalue weighted by molar-refractivity contribution is 5.69. The fourth-order valence-corrected chi connectivity index (χ4v) is 4.60. The monoisotopic (exact) mass is 456 g/mol. The van der Waals surface area contributed by atoms with Crippen molar-refractivity contribution in [1.82, 2.24) is 19.4 Å². The van der Waals surface area contributed by atoms with Crippen LogP contribution >= 0.6 is 0 Å². The van der Waals surface area contributed by atoms with E-state index in [-0.39, 0.29) is 0 Å². The number of nitrogen functional groups attached to an aromatic ring is 1. The second kappa shape index (κ2) is 10.1. The Hall–Kier alpha value is -3.65. The Morgan fingerprint density at radius 3 is 2.74 bits per heavy atom. The lowest BCUT2D eigenvalue weighted by Gasteiger charge is -2.27. The quantitative estimate of drug-likeness (QED) is 0.233. The Balaban J connectivity index is 1.26. The number of aryl methyl sites for hydroxylation is 1. The molecule has 176 valence electrons. The highest BCUT2D eigenvalue weighted by atomic mass is 15.1. The van der Waals surface area contributed by atoms with E-state index in [0.29, 0.717) is 12.1 Å². The van der Waals surface area contributed by atoms with Gasteiger partial charge in [-0.25, -0.2) is 15.0 Å². The van der Waals surface area contributed by atoms with Crippen LogP contribution in [0.2, 0.25) is 0 Å². The standard InChI is InChI=1S/C26H32N8/c27-19-9-11-21(12-10-19)32-25-26-31-17-23(34(26)15-14-30-25)22-7-2-8-24(33-22)29-13-3-5-18-4-1-6-20(28)16-18/h1-2,4,6-8,14-17,19,21H,3,5,9-13,27-28H2,(H,29,33)(H,30,32). The molecule has 3 heterocycles. The van der Waals surface area contributed by atoms with Crippen molar-refractivity contribution < 1.29 is 0 Å². The Bertz CT molecular complexity index is 1240. The summed E-state index contributed by atoms with van der Waals surface area (Å²) in [7, 11) is 0. The van der Waals surface area contributed by atoms with Crippen molar-refractivity contribution >= 4 is 23.0 Å². The lowest BCUT2D eigenvalue weighted by molar-refractivity contribution is 0.410. The summed E-state index contributed by atoms with van der Waals surface area (Å²) >= 11 is 0. The summed E-state index contributed by atoms with van der Waals surface area (Å²) in [6, 6.07) is 14.8. The first-order chi connectivity index (χ1) is 16.7. The predicted molar refractivity (Wildman–Crippen MR) is 138 cm³/mol. The molecule has 5 rings (SSSR count). The van der Waals surface area contributed by atoms with E-state index in [1.54, 1.807) is 0 Å². The zero-order chi connectivity index (χ0) is 23.3. The van der Waals surface area contributed by atoms with Crippen LogP contribution in [0.5, 0.6) is 0 Å². The van der Waals surface area contributed by atoms with Gasteiger partial charge in [0, 0.05) is 36.7 Å². The first-order valence-electron chi connectivity index (χ1n) is 12.1. The maximum Gasteiger partial charge on any atom is 0.180 e. The minimum atomic E-state index is 0.323. The number of anilines is 3. The second-order valence-corrected chi connectivity index (χ2v) is 9.05. The van der Waals surface area contributed by atoms with Gasteiger partial charge >= 0.3 is 0 Å². The van der Waals surface area contributed by atoms with Gasteiger partial charge in [0.25, 0.3) is 0 Å². The van der Waals surface area contributed by atoms with Gasteiger partial charge in [-0.2, -0.15) is 0 Å². The maximum absolute atomic E-state index is 6.05. The van der Waals surface area contributed by atoms with Crippen LogP contribution in [-0.4, -0.2) is 38.0 Å². The molecule has 0 spiro atoms. The summed E-state index contributed by atoms with van der Waals surface area (Å²) in [6.07, 6.45) is 11.8. The lowest BCUT2D eigenvalue weighted by Crippen LogP contribution is -2.33. The highest BCUT2D eigenvalue weighted by Gasteiger charge is 2.20. The average Bonchev–Trinajstić information content (AvgIpc) is 3.29. The molecule has 0 unspecified atom stereocenters. The second-order valence-electron chi connectivity index (χ2n) is 9.05. The zero-order valence-electron chi connectivity index (χ0n) is 19.3. The average molecular weight is 457 g/mol. The minimum absolute atomic E-state index is 0.323. The first kappa shape index (κ1) is 22.2. The Kier molecular flexibility index (Phi) is 6.58. The summed E-state index contributed by atoms with van der Waals surface area (Å²) < 4.78 is 2.05. The van der Waals surface area contributed by atoms with Crippen molar-refractivity contribution in [2.75, 3.05) is 22.9 Å². The van der Waals surface area contributed by atoms with Crippen LogP contribution in [0.15, 0.2) is 61.1 Å². The molecule has 1 aliphatic carbocycles. The van der Waals surface area contributed by atoms with Gasteiger partial charge in [-0.05, 0) is 68.4 Å². The third-order valence-electron chi connectivity index (χ3n) is 6.45. The van der Waals surface area contributed by atoms with E-state index < -0.39 is 0 Å². The molecule has 0 bridgehead atoms. The number of hydrogen-bond donors (Lipinski definition) is 4. The molecule has 34 heavy (non-hydrogen) atoms. The molecule has 1 saturated carbocycles. The number of hydrogen-bond acceptors (Lipinski definition) is 7. The number of imidazole rings is 1. The summed E-state index contributed by atoms with van der Waals surface area (Å²) in [4.78, 5) is 14.1. The van der Waals surface area contributed by atoms with Gasteiger partial charge < -0.3 is 22.1 Å². The Morgan fingerprint density at radius 2 is 1.88 bits per heavy atom. The zero-order valence-corrected chi connectivity index (χ0v) is 19.3. The molecular formula is C26H32N8. The van der Waals surface area contributed by atoms with Crippen molar-refractivity contribution in [3.8, 4) is 11.4 Å². The third kappa shape index (κ3) is 5.12. The molecule has 1 fully saturated rings. The van der Waals surface area contributed by atoms with Crippen LogP contribution in [0.4, 0.5) is 17.3 Å². The van der Waals surface area contributed by atoms with E-state index in [9.17, 15) is 0 Å². The lowest BCUT2D eigenvalue weighted by atomic mass is 9.92. The minimum Gasteiger partial charge on any atom is -0.399 e. The van der Waals surface area contributed by atoms with Crippen LogP contribution in [0.1, 0.15) is 37.7 Å². The van der Waals surface area contributed by atoms with Gasteiger partial charge in [0.15, 0.2) is 11.5 Å². The largest absolute Gasteiger partial charge is 0.399 e. The molecule has 0 saturated heterocycles.